The van der Waals surface area contributed by atoms with E-state index in [2.05, 4.69) is 163 Å². The van der Waals surface area contributed by atoms with E-state index < -0.39 is 13.3 Å². The van der Waals surface area contributed by atoms with Crippen molar-refractivity contribution in [3.63, 3.8) is 0 Å². The molecule has 0 aliphatic heterocycles. The first-order chi connectivity index (χ1) is 28.4. The molecule has 0 fully saturated rings. The number of benzene rings is 5. The molecule has 0 saturated carbocycles. The van der Waals surface area contributed by atoms with Crippen LogP contribution in [0.2, 0.25) is 17.3 Å². The van der Waals surface area contributed by atoms with Crippen LogP contribution in [0.3, 0.4) is 0 Å². The summed E-state index contributed by atoms with van der Waals surface area (Å²) in [6, 6.07) is 49.1. The third-order valence-electron chi connectivity index (χ3n) is 11.2. The Morgan fingerprint density at radius 1 is 0.683 bits per heavy atom. The van der Waals surface area contributed by atoms with Gasteiger partial charge >= 0.3 is 99.8 Å². The monoisotopic (exact) mass is 1030 g/mol. The number of aromatic nitrogens is 4. The third-order valence-corrected chi connectivity index (χ3v) is 15.4. The molecule has 305 valence electrons. The molecule has 9 rings (SSSR count). The van der Waals surface area contributed by atoms with Gasteiger partial charge in [0.25, 0.3) is 0 Å². The van der Waals surface area contributed by atoms with Crippen LogP contribution >= 0.6 is 0 Å². The first-order valence-electron chi connectivity index (χ1n) is 20.7. The van der Waals surface area contributed by atoms with Crippen LogP contribution in [0.4, 0.5) is 0 Å². The Bertz CT molecular complexity index is 2880. The predicted octanol–water partition coefficient (Wildman–Crippen LogP) is 13.5. The second-order valence-corrected chi connectivity index (χ2v) is 27.9. The van der Waals surface area contributed by atoms with E-state index in [1.54, 1.807) is 0 Å². The van der Waals surface area contributed by atoms with E-state index in [9.17, 15) is 0 Å². The number of fused-ring (bicyclic) bond motifs is 4. The molecule has 5 aromatic carbocycles. The molecule has 5 nitrogen and oxygen atoms in total. The average molecular weight is 1030 g/mol. The third kappa shape index (κ3) is 8.70. The average Bonchev–Trinajstić information content (AvgIpc) is 3.80. The fourth-order valence-corrected chi connectivity index (χ4v) is 10.2. The van der Waals surface area contributed by atoms with Gasteiger partial charge in [-0.05, 0) is 71.7 Å². The Hall–Kier alpha value is -5.14. The van der Waals surface area contributed by atoms with E-state index in [-0.39, 0.29) is 20.1 Å². The maximum atomic E-state index is 6.57. The van der Waals surface area contributed by atoms with Gasteiger partial charge in [0.05, 0.1) is 28.1 Å². The molecule has 7 heteroatoms. The smallest absolute Gasteiger partial charge is 0 e. The summed E-state index contributed by atoms with van der Waals surface area (Å²) in [5, 5.41) is 2.15. The van der Waals surface area contributed by atoms with Crippen molar-refractivity contribution in [2.45, 2.75) is 77.2 Å². The minimum atomic E-state index is -1.72. The molecule has 0 saturated heterocycles. The number of rotatable bonds is 8. The summed E-state index contributed by atoms with van der Waals surface area (Å²) in [5.41, 5.74) is 15.1. The molecule has 0 atom stereocenters. The fraction of sp³-hybridized carbons (Fsp3) is 0.226. The second-order valence-electron chi connectivity index (χ2n) is 17.2. The van der Waals surface area contributed by atoms with Crippen molar-refractivity contribution in [3.05, 3.63) is 168 Å². The number of nitrogens with zero attached hydrogens (tertiary/aromatic N) is 4. The first-order valence-corrected chi connectivity index (χ1v) is 28.0. The molecule has 0 N–H and O–H groups in total. The molecule has 0 aliphatic rings. The maximum absolute atomic E-state index is 6.57. The number of pyridine rings is 2. The normalized spacial score (nSPS) is 11.7. The molecule has 0 amide bonds. The van der Waals surface area contributed by atoms with E-state index in [1.165, 1.54) is 32.2 Å². The predicted molar refractivity (Wildman–Crippen MR) is 249 cm³/mol. The van der Waals surface area contributed by atoms with Gasteiger partial charge in [0.2, 0.25) is 0 Å². The molecule has 0 spiro atoms. The molecule has 0 bridgehead atoms. The van der Waals surface area contributed by atoms with Gasteiger partial charge in [-0.15, -0.1) is 18.2 Å². The van der Waals surface area contributed by atoms with Gasteiger partial charge in [0.1, 0.15) is 5.58 Å². The molecule has 9 aromatic rings. The van der Waals surface area contributed by atoms with Gasteiger partial charge < -0.3 is 8.98 Å². The Morgan fingerprint density at radius 3 is 2.03 bits per heavy atom. The van der Waals surface area contributed by atoms with E-state index in [1.807, 2.05) is 50.4 Å². The maximum Gasteiger partial charge on any atom is 0 e. The van der Waals surface area contributed by atoms with Gasteiger partial charge in [0, 0.05) is 37.7 Å². The van der Waals surface area contributed by atoms with E-state index >= 15 is 0 Å². The quantitative estimate of drug-likeness (QED) is 0.112. The summed E-state index contributed by atoms with van der Waals surface area (Å²) in [7, 11) is 0. The van der Waals surface area contributed by atoms with Gasteiger partial charge in [-0.2, -0.15) is 0 Å². The topological polar surface area (TPSA) is 56.7 Å². The molecule has 0 unspecified atom stereocenters. The molecular weight excluding hydrogens is 973 g/mol. The van der Waals surface area contributed by atoms with Crippen molar-refractivity contribution in [1.29, 1.82) is 0 Å². The van der Waals surface area contributed by atoms with Crippen molar-refractivity contribution in [3.8, 4) is 33.8 Å². The summed E-state index contributed by atoms with van der Waals surface area (Å²) in [6.45, 7) is 13.9. The van der Waals surface area contributed by atoms with Crippen molar-refractivity contribution in [2.24, 2.45) is 0 Å². The number of hydrogen-bond donors (Lipinski definition) is 0. The minimum absolute atomic E-state index is 0. The first kappa shape index (κ1) is 43.0. The Morgan fingerprint density at radius 2 is 1.38 bits per heavy atom. The largest absolute Gasteiger partial charge is 0 e. The SMILES string of the molecule is Cc1cc2c(oc3c(-c4nc5ccccc5n4Cc4c(C(C)C)cc(-c5ccccc5)cc4C(C)C)[c-]ccc32)c(C)n1.[CH3][Ge]([CH3])([CH3])[c]1ccc(-c2[c-]cccc2)nc1.[Ir]. The Kier molecular flexibility index (Phi) is 12.8. The van der Waals surface area contributed by atoms with Crippen LogP contribution in [0.1, 0.15) is 67.6 Å². The van der Waals surface area contributed by atoms with Crippen molar-refractivity contribution in [1.82, 2.24) is 19.5 Å². The summed E-state index contributed by atoms with van der Waals surface area (Å²) >= 11 is -1.72. The van der Waals surface area contributed by atoms with Gasteiger partial charge in [-0.25, -0.2) is 0 Å². The summed E-state index contributed by atoms with van der Waals surface area (Å²) < 4.78 is 10.4. The summed E-state index contributed by atoms with van der Waals surface area (Å²) in [5.74, 6) is 8.73. The second kappa shape index (κ2) is 17.8. The van der Waals surface area contributed by atoms with Gasteiger partial charge in [-0.3, -0.25) is 9.97 Å². The molecule has 4 aromatic heterocycles. The van der Waals surface area contributed by atoms with E-state index in [4.69, 9.17) is 9.40 Å². The van der Waals surface area contributed by atoms with E-state index in [0.717, 1.165) is 67.0 Å². The zero-order valence-corrected chi connectivity index (χ0v) is 40.5. The fourth-order valence-electron chi connectivity index (χ4n) is 8.08. The number of para-hydroxylation sites is 2. The summed E-state index contributed by atoms with van der Waals surface area (Å²) in [4.78, 5) is 14.4. The zero-order valence-electron chi connectivity index (χ0n) is 36.0. The minimum Gasteiger partial charge on any atom is 0 e. The Balaban J connectivity index is 0.000000270. The van der Waals surface area contributed by atoms with Crippen LogP contribution in [0.5, 0.6) is 0 Å². The number of furan rings is 1. The van der Waals surface area contributed by atoms with Crippen molar-refractivity contribution in [2.75, 3.05) is 0 Å². The zero-order chi connectivity index (χ0) is 41.4. The molecule has 4 heterocycles. The molecule has 1 radical (unpaired) electrons. The van der Waals surface area contributed by atoms with E-state index in [0.29, 0.717) is 18.4 Å². The van der Waals surface area contributed by atoms with Crippen LogP contribution in [-0.2, 0) is 26.7 Å². The molecular formula is C53H52GeIrN4O-2. The number of aryl methyl sites for hydroxylation is 2. The van der Waals surface area contributed by atoms with Gasteiger partial charge in [-0.1, -0.05) is 93.2 Å². The van der Waals surface area contributed by atoms with Crippen LogP contribution in [0.25, 0.3) is 66.7 Å². The van der Waals surface area contributed by atoms with Crippen LogP contribution in [0, 0.1) is 26.0 Å². The van der Waals surface area contributed by atoms with Crippen LogP contribution in [-0.4, -0.2) is 32.8 Å². The molecule has 60 heavy (non-hydrogen) atoms. The summed E-state index contributed by atoms with van der Waals surface area (Å²) in [6.07, 6.45) is 2.04. The van der Waals surface area contributed by atoms with Gasteiger partial charge in [0.15, 0.2) is 0 Å². The Labute approximate surface area is 371 Å². The van der Waals surface area contributed by atoms with Crippen LogP contribution < -0.4 is 4.40 Å². The van der Waals surface area contributed by atoms with Crippen molar-refractivity contribution >= 4 is 50.6 Å². The standard InChI is InChI=1S/C39H36N3O.C14H16GeN.Ir/c1-23(2)31-20-28(27-13-8-7-9-14-27)21-32(24(3)4)34(31)22-42-36-18-11-10-17-35(36)41-39(42)30-16-12-15-29-33-19-25(5)40-26(6)37(33)43-38(29)30;1-15(2,3)13-9-10-14(16-11-13)12-7-5-4-6-8-12;/h7-15,17-21,23-24H,22H2,1-6H3;4-7,9-11H,1-3H3;/q2*-1;. The van der Waals surface area contributed by atoms with Crippen molar-refractivity contribution < 1.29 is 24.5 Å². The molecule has 0 aliphatic carbocycles. The van der Waals surface area contributed by atoms with Crippen LogP contribution in [0.15, 0.2) is 132 Å². The number of hydrogen-bond acceptors (Lipinski definition) is 4. The number of imidazole rings is 1.